The number of likely N-dealkylation sites (tertiary alicyclic amines) is 1. The Kier molecular flexibility index (Phi) is 6.14. The molecule has 2 fully saturated rings. The molecule has 3 aliphatic rings. The average Bonchev–Trinajstić information content (AvgIpc) is 3.37. The summed E-state index contributed by atoms with van der Waals surface area (Å²) in [4.78, 5) is 47.9. The summed E-state index contributed by atoms with van der Waals surface area (Å²) < 4.78 is 0.785. The Morgan fingerprint density at radius 3 is 2.75 bits per heavy atom. The number of rotatable bonds is 7. The minimum absolute atomic E-state index is 0.0496. The number of amides is 2. The Morgan fingerprint density at radius 1 is 1.44 bits per heavy atom. The zero-order valence-corrected chi connectivity index (χ0v) is 19.4. The number of anilines is 1. The number of likely N-dealkylation sites (N-methyl/N-ethyl adjacent to an activating group) is 1. The number of thioether (sulfide) groups is 1. The Labute approximate surface area is 192 Å². The van der Waals surface area contributed by atoms with E-state index in [4.69, 9.17) is 10.6 Å². The average molecular weight is 482 g/mol. The van der Waals surface area contributed by atoms with Gasteiger partial charge in [0.05, 0.1) is 20.1 Å². The molecule has 4 rings (SSSR count). The molecule has 1 aromatic rings. The quantitative estimate of drug-likeness (QED) is 0.214. The molecule has 172 valence electrons. The molecule has 0 bridgehead atoms. The largest absolute Gasteiger partial charge is 0.477 e. The molecule has 0 saturated carbocycles. The molecular weight excluding hydrogens is 456 g/mol. The number of nitrogens with two attached hydrogens (primary N) is 1. The molecule has 32 heavy (non-hydrogen) atoms. The number of quaternary nitrogens is 1. The van der Waals surface area contributed by atoms with Crippen molar-refractivity contribution in [3.8, 4) is 0 Å². The van der Waals surface area contributed by atoms with Crippen molar-refractivity contribution in [1.82, 2.24) is 15.2 Å². The van der Waals surface area contributed by atoms with Crippen molar-refractivity contribution in [2.45, 2.75) is 24.3 Å². The van der Waals surface area contributed by atoms with Gasteiger partial charge in [0.25, 0.3) is 11.8 Å². The topological polar surface area (TPSA) is 147 Å². The van der Waals surface area contributed by atoms with Gasteiger partial charge in [-0.2, -0.15) is 0 Å². The van der Waals surface area contributed by atoms with E-state index in [1.807, 2.05) is 0 Å². The van der Waals surface area contributed by atoms with Gasteiger partial charge in [-0.3, -0.25) is 14.5 Å². The van der Waals surface area contributed by atoms with E-state index in [-0.39, 0.29) is 22.2 Å². The van der Waals surface area contributed by atoms with Gasteiger partial charge < -0.3 is 25.5 Å². The lowest BCUT2D eigenvalue weighted by molar-refractivity contribution is -0.893. The maximum atomic E-state index is 12.9. The number of carboxylic acid groups (broad SMARTS) is 1. The Balaban J connectivity index is 1.52. The summed E-state index contributed by atoms with van der Waals surface area (Å²) in [6, 6.07) is -0.863. The summed E-state index contributed by atoms with van der Waals surface area (Å²) in [5.74, 6) is -1.71. The van der Waals surface area contributed by atoms with Crippen LogP contribution in [0.3, 0.4) is 0 Å². The van der Waals surface area contributed by atoms with Gasteiger partial charge in [-0.05, 0) is 0 Å². The fourth-order valence-corrected chi connectivity index (χ4v) is 6.31. The highest BCUT2D eigenvalue weighted by atomic mass is 32.2. The second-order valence-electron chi connectivity index (χ2n) is 8.24. The minimum Gasteiger partial charge on any atom is -0.477 e. The Hall–Kier alpha value is -2.64. The number of nitrogen functional groups attached to an aromatic ring is 1. The van der Waals surface area contributed by atoms with Crippen molar-refractivity contribution in [3.63, 3.8) is 0 Å². The van der Waals surface area contributed by atoms with Gasteiger partial charge in [0.15, 0.2) is 10.8 Å². The number of hydrogen-bond donors (Lipinski definition) is 3. The van der Waals surface area contributed by atoms with E-state index in [1.165, 1.54) is 23.8 Å². The fourth-order valence-electron chi connectivity index (χ4n) is 4.42. The van der Waals surface area contributed by atoms with Crippen LogP contribution < -0.4 is 11.1 Å². The van der Waals surface area contributed by atoms with Gasteiger partial charge in [0, 0.05) is 29.5 Å². The number of fused-ring (bicyclic) bond motifs is 1. The zero-order valence-electron chi connectivity index (χ0n) is 17.7. The number of carbonyl (C=O) groups is 3. The molecule has 0 radical (unpaired) electrons. The number of oxime groups is 1. The van der Waals surface area contributed by atoms with Crippen LogP contribution in [0.15, 0.2) is 21.8 Å². The molecular formula is C19H25N6O5S2+. The van der Waals surface area contributed by atoms with E-state index < -0.39 is 29.2 Å². The highest BCUT2D eigenvalue weighted by molar-refractivity contribution is 8.00. The zero-order chi connectivity index (χ0) is 23.0. The van der Waals surface area contributed by atoms with E-state index >= 15 is 0 Å². The summed E-state index contributed by atoms with van der Waals surface area (Å²) in [6.07, 6.45) is 2.24. The van der Waals surface area contributed by atoms with Crippen LogP contribution in [0.25, 0.3) is 0 Å². The predicted octanol–water partition coefficient (Wildman–Crippen LogP) is 0.0548. The second kappa shape index (κ2) is 8.71. The number of hydrogen-bond acceptors (Lipinski definition) is 9. The third-order valence-electron chi connectivity index (χ3n) is 5.92. The van der Waals surface area contributed by atoms with Crippen molar-refractivity contribution < 1.29 is 28.8 Å². The van der Waals surface area contributed by atoms with Gasteiger partial charge in [-0.25, -0.2) is 9.78 Å². The van der Waals surface area contributed by atoms with Gasteiger partial charge in [0.1, 0.15) is 36.5 Å². The van der Waals surface area contributed by atoms with E-state index in [0.29, 0.717) is 12.3 Å². The van der Waals surface area contributed by atoms with Gasteiger partial charge in [-0.1, -0.05) is 5.16 Å². The summed E-state index contributed by atoms with van der Waals surface area (Å²) >= 11 is 2.61. The molecule has 0 spiro atoms. The monoisotopic (exact) mass is 481 g/mol. The second-order valence-corrected chi connectivity index (χ2v) is 10.2. The number of β-lactam (4-membered cyclic amide) rings is 1. The number of aromatic nitrogens is 1. The number of carboxylic acids is 1. The van der Waals surface area contributed by atoms with Crippen LogP contribution in [0.1, 0.15) is 18.5 Å². The van der Waals surface area contributed by atoms with Gasteiger partial charge in [0.2, 0.25) is 0 Å². The molecule has 0 aromatic carbocycles. The van der Waals surface area contributed by atoms with Crippen LogP contribution in [0.5, 0.6) is 0 Å². The minimum atomic E-state index is -1.12. The molecule has 2 saturated heterocycles. The van der Waals surface area contributed by atoms with Gasteiger partial charge in [-0.15, -0.1) is 23.1 Å². The van der Waals surface area contributed by atoms with E-state index in [2.05, 4.69) is 22.5 Å². The number of carbonyl (C=O) groups excluding carboxylic acids is 2. The van der Waals surface area contributed by atoms with Crippen LogP contribution >= 0.6 is 23.1 Å². The molecule has 1 unspecified atom stereocenters. The normalized spacial score (nSPS) is 24.8. The predicted molar refractivity (Wildman–Crippen MR) is 120 cm³/mol. The maximum Gasteiger partial charge on any atom is 0.352 e. The van der Waals surface area contributed by atoms with Crippen LogP contribution in [0.2, 0.25) is 0 Å². The lowest BCUT2D eigenvalue weighted by atomic mass is 10.0. The van der Waals surface area contributed by atoms with Crippen molar-refractivity contribution in [2.24, 2.45) is 5.16 Å². The van der Waals surface area contributed by atoms with Crippen molar-refractivity contribution in [1.29, 1.82) is 0 Å². The number of thiazole rings is 1. The molecule has 1 aromatic heterocycles. The van der Waals surface area contributed by atoms with Crippen LogP contribution in [0, 0.1) is 0 Å². The molecule has 3 aliphatic heterocycles. The third kappa shape index (κ3) is 4.07. The molecule has 13 heteroatoms. The summed E-state index contributed by atoms with van der Waals surface area (Å²) in [5.41, 5.74) is 6.59. The highest BCUT2D eigenvalue weighted by Gasteiger charge is 2.55. The lowest BCUT2D eigenvalue weighted by Crippen LogP contribution is -2.71. The number of nitrogens with one attached hydrogen (secondary N) is 1. The Morgan fingerprint density at radius 2 is 2.16 bits per heavy atom. The lowest BCUT2D eigenvalue weighted by Gasteiger charge is -2.49. The number of nitrogens with zero attached hydrogens (tertiary/aromatic N) is 4. The summed E-state index contributed by atoms with van der Waals surface area (Å²) in [6.45, 7) is 2.61. The van der Waals surface area contributed by atoms with E-state index in [1.54, 1.807) is 5.38 Å². The van der Waals surface area contributed by atoms with Crippen molar-refractivity contribution in [3.05, 3.63) is 22.3 Å². The van der Waals surface area contributed by atoms with Crippen molar-refractivity contribution >= 4 is 51.7 Å². The SMILES string of the molecule is CO/N=C(/C(=O)NC1C(=O)N2C(C(=O)O)=C(C[N+]3(C)CCCC3)CS[C@H]12)c1csc(N)n1. The van der Waals surface area contributed by atoms with Crippen LogP contribution in [-0.4, -0.2) is 93.9 Å². The first-order valence-electron chi connectivity index (χ1n) is 10.1. The fraction of sp³-hybridized carbons (Fsp3) is 0.526. The van der Waals surface area contributed by atoms with E-state index in [0.717, 1.165) is 47.3 Å². The number of aliphatic carboxylic acids is 1. The highest BCUT2D eigenvalue weighted by Crippen LogP contribution is 2.41. The smallest absolute Gasteiger partial charge is 0.352 e. The summed E-state index contributed by atoms with van der Waals surface area (Å²) in [5, 5.41) is 17.6. The standard InChI is InChI=1S/C19H24N6O5S2/c1-25(5-3-4-6-25)7-10-8-31-17-13(16(27)24(17)14(10)18(28)29)22-15(26)12(23-30-2)11-9-32-19(20)21-11/h9,13,17H,3-8H2,1-2H3,(H3-,20,21,22,26,28,29)/p+1/b23-12+/t13?,17-/m1/s1. The Bertz CT molecular complexity index is 1020. The molecule has 0 aliphatic carbocycles. The first-order valence-corrected chi connectivity index (χ1v) is 12.0. The molecule has 11 nitrogen and oxygen atoms in total. The summed E-state index contributed by atoms with van der Waals surface area (Å²) in [7, 11) is 3.42. The third-order valence-corrected chi connectivity index (χ3v) is 7.93. The molecule has 4 N–H and O–H groups in total. The molecule has 4 heterocycles. The van der Waals surface area contributed by atoms with Crippen molar-refractivity contribution in [2.75, 3.05) is 45.3 Å². The first-order chi connectivity index (χ1) is 15.2. The molecule has 2 amide bonds. The first kappa shape index (κ1) is 22.6. The van der Waals surface area contributed by atoms with Gasteiger partial charge >= 0.3 is 5.97 Å². The molecule has 2 atom stereocenters. The van der Waals surface area contributed by atoms with E-state index in [9.17, 15) is 19.5 Å². The maximum absolute atomic E-state index is 12.9. The van der Waals surface area contributed by atoms with Crippen LogP contribution in [0.4, 0.5) is 5.13 Å². The van der Waals surface area contributed by atoms with Crippen LogP contribution in [-0.2, 0) is 19.2 Å².